The molecule has 0 aliphatic rings. The molecule has 0 rings (SSSR count). The number of unbranched alkanes of at least 4 members (excludes halogenated alkanes) is 14. The van der Waals surface area contributed by atoms with Crippen molar-refractivity contribution in [2.75, 3.05) is 5.75 Å². The van der Waals surface area contributed by atoms with Gasteiger partial charge in [-0.1, -0.05) is 109 Å². The Hall–Kier alpha value is 0.0200. The minimum Gasteiger partial charge on any atom is -0.287 e. The van der Waals surface area contributed by atoms with Crippen LogP contribution >= 0.6 is 11.8 Å². The predicted molar refractivity (Wildman–Crippen MR) is 102 cm³/mol. The van der Waals surface area contributed by atoms with Crippen LogP contribution in [0.5, 0.6) is 0 Å². The minimum atomic E-state index is 0.324. The van der Waals surface area contributed by atoms with Crippen LogP contribution in [0.15, 0.2) is 0 Å². The Bertz CT molecular complexity index is 228. The van der Waals surface area contributed by atoms with Crippen molar-refractivity contribution >= 4 is 16.9 Å². The molecule has 1 radical (unpaired) electrons. The fourth-order valence-corrected chi connectivity index (χ4v) is 3.34. The Balaban J connectivity index is 3.01. The van der Waals surface area contributed by atoms with E-state index in [1.807, 2.05) is 0 Å². The fourth-order valence-electron chi connectivity index (χ4n) is 2.83. The van der Waals surface area contributed by atoms with Crippen molar-refractivity contribution in [3.8, 4) is 0 Å². The van der Waals surface area contributed by atoms with Gasteiger partial charge in [-0.25, -0.2) is 0 Å². The molecule has 0 saturated heterocycles. The number of thioether (sulfide) groups is 1. The average Bonchev–Trinajstić information content (AvgIpc) is 2.51. The van der Waals surface area contributed by atoms with E-state index in [-0.39, 0.29) is 0 Å². The highest BCUT2D eigenvalue weighted by Gasteiger charge is 2.00. The van der Waals surface area contributed by atoms with Crippen LogP contribution in [-0.2, 0) is 4.79 Å². The minimum absolute atomic E-state index is 0.324. The van der Waals surface area contributed by atoms with Gasteiger partial charge < -0.3 is 0 Å². The van der Waals surface area contributed by atoms with Gasteiger partial charge in [0.2, 0.25) is 0 Å². The van der Waals surface area contributed by atoms with Crippen LogP contribution in [-0.4, -0.2) is 10.9 Å². The van der Waals surface area contributed by atoms with Crippen molar-refractivity contribution in [1.29, 1.82) is 0 Å². The van der Waals surface area contributed by atoms with E-state index >= 15 is 0 Å². The van der Waals surface area contributed by atoms with Gasteiger partial charge in [0.1, 0.15) is 0 Å². The monoisotopic (exact) mass is 327 g/mol. The van der Waals surface area contributed by atoms with Crippen molar-refractivity contribution < 1.29 is 4.79 Å². The molecule has 0 saturated carbocycles. The second-order valence-corrected chi connectivity index (χ2v) is 7.57. The predicted octanol–water partition coefficient (Wildman–Crippen LogP) is 7.34. The van der Waals surface area contributed by atoms with Crippen LogP contribution in [0, 0.1) is 6.92 Å². The smallest absolute Gasteiger partial charge is 0.188 e. The molecule has 0 amide bonds. The van der Waals surface area contributed by atoms with Crippen LogP contribution in [0.3, 0.4) is 0 Å². The lowest BCUT2D eigenvalue weighted by Gasteiger charge is -2.03. The standard InChI is InChI=1S/C20H39OS/c1-3-5-6-7-8-9-10-11-12-13-14-15-16-17-18-19-20(21)22-4-2/h2-19H2,1H3. The molecule has 0 aliphatic heterocycles. The Morgan fingerprint density at radius 1 is 0.682 bits per heavy atom. The molecule has 0 heterocycles. The van der Waals surface area contributed by atoms with E-state index in [4.69, 9.17) is 0 Å². The Kier molecular flexibility index (Phi) is 19.1. The molecule has 0 aromatic heterocycles. The van der Waals surface area contributed by atoms with Crippen LogP contribution in [0.25, 0.3) is 0 Å². The molecular formula is C20H39OS. The lowest BCUT2D eigenvalue weighted by atomic mass is 10.0. The lowest BCUT2D eigenvalue weighted by Crippen LogP contribution is -1.92. The molecule has 22 heavy (non-hydrogen) atoms. The first kappa shape index (κ1) is 22.0. The molecule has 1 nitrogen and oxygen atoms in total. The van der Waals surface area contributed by atoms with Crippen LogP contribution in [0.4, 0.5) is 0 Å². The van der Waals surface area contributed by atoms with E-state index in [2.05, 4.69) is 13.8 Å². The maximum atomic E-state index is 11.3. The largest absolute Gasteiger partial charge is 0.287 e. The first-order valence-electron chi connectivity index (χ1n) is 9.76. The first-order valence-corrected chi connectivity index (χ1v) is 10.7. The number of carbonyl (C=O) groups is 1. The molecule has 0 fully saturated rings. The van der Waals surface area contributed by atoms with Crippen molar-refractivity contribution in [3.63, 3.8) is 0 Å². The van der Waals surface area contributed by atoms with E-state index in [1.54, 1.807) is 0 Å². The topological polar surface area (TPSA) is 17.1 Å². The van der Waals surface area contributed by atoms with E-state index in [0.717, 1.165) is 12.8 Å². The van der Waals surface area contributed by atoms with Crippen molar-refractivity contribution in [1.82, 2.24) is 0 Å². The summed E-state index contributed by atoms with van der Waals surface area (Å²) in [6.45, 7) is 5.97. The van der Waals surface area contributed by atoms with Gasteiger partial charge >= 0.3 is 0 Å². The Morgan fingerprint density at radius 2 is 1.05 bits per heavy atom. The number of carbonyl (C=O) groups excluding carboxylic acids is 1. The second-order valence-electron chi connectivity index (χ2n) is 6.42. The maximum absolute atomic E-state index is 11.3. The van der Waals surface area contributed by atoms with Gasteiger partial charge in [-0.3, -0.25) is 4.79 Å². The molecule has 0 spiro atoms. The van der Waals surface area contributed by atoms with Gasteiger partial charge in [0, 0.05) is 12.2 Å². The van der Waals surface area contributed by atoms with Crippen LogP contribution in [0.2, 0.25) is 0 Å². The SMILES string of the molecule is [CH2]CSC(=O)CCCCCCCCCCCCCCCCC. The van der Waals surface area contributed by atoms with Gasteiger partial charge in [0.25, 0.3) is 0 Å². The van der Waals surface area contributed by atoms with Crippen molar-refractivity contribution in [2.45, 2.75) is 110 Å². The molecule has 0 bridgehead atoms. The molecule has 0 unspecified atom stereocenters. The zero-order valence-electron chi connectivity index (χ0n) is 15.0. The van der Waals surface area contributed by atoms with Gasteiger partial charge in [0.05, 0.1) is 0 Å². The zero-order valence-corrected chi connectivity index (χ0v) is 15.9. The summed E-state index contributed by atoms with van der Waals surface area (Å²) in [5.74, 6) is 0.678. The van der Waals surface area contributed by atoms with E-state index in [0.29, 0.717) is 10.9 Å². The number of hydrogen-bond acceptors (Lipinski definition) is 2. The van der Waals surface area contributed by atoms with Crippen LogP contribution in [0.1, 0.15) is 110 Å². The van der Waals surface area contributed by atoms with E-state index in [9.17, 15) is 4.79 Å². The summed E-state index contributed by atoms with van der Waals surface area (Å²) in [7, 11) is 0. The molecule has 0 N–H and O–H groups in total. The normalized spacial score (nSPS) is 11.0. The third kappa shape index (κ3) is 18.1. The Labute approximate surface area is 144 Å². The third-order valence-corrected chi connectivity index (χ3v) is 4.98. The Morgan fingerprint density at radius 3 is 1.41 bits per heavy atom. The molecule has 0 atom stereocenters. The summed E-state index contributed by atoms with van der Waals surface area (Å²) in [6.07, 6.45) is 21.4. The highest BCUT2D eigenvalue weighted by Crippen LogP contribution is 2.14. The summed E-state index contributed by atoms with van der Waals surface area (Å²) in [4.78, 5) is 11.3. The van der Waals surface area contributed by atoms with E-state index in [1.165, 1.54) is 102 Å². The van der Waals surface area contributed by atoms with Crippen molar-refractivity contribution in [3.05, 3.63) is 6.92 Å². The summed E-state index contributed by atoms with van der Waals surface area (Å²) in [5, 5.41) is 0.324. The molecule has 0 aromatic carbocycles. The summed E-state index contributed by atoms with van der Waals surface area (Å²) < 4.78 is 0. The molecular weight excluding hydrogens is 288 g/mol. The maximum Gasteiger partial charge on any atom is 0.188 e. The quantitative estimate of drug-likeness (QED) is 0.260. The molecule has 131 valence electrons. The summed E-state index contributed by atoms with van der Waals surface area (Å²) in [6, 6.07) is 0. The highest BCUT2D eigenvalue weighted by molar-refractivity contribution is 8.13. The summed E-state index contributed by atoms with van der Waals surface area (Å²) >= 11 is 1.37. The number of rotatable bonds is 17. The van der Waals surface area contributed by atoms with Crippen LogP contribution < -0.4 is 0 Å². The second kappa shape index (κ2) is 19.1. The molecule has 0 aliphatic carbocycles. The number of hydrogen-bond donors (Lipinski definition) is 0. The summed E-state index contributed by atoms with van der Waals surface area (Å²) in [5.41, 5.74) is 0. The molecule has 2 heteroatoms. The third-order valence-electron chi connectivity index (χ3n) is 4.25. The van der Waals surface area contributed by atoms with Crippen molar-refractivity contribution in [2.24, 2.45) is 0 Å². The highest BCUT2D eigenvalue weighted by atomic mass is 32.2. The van der Waals surface area contributed by atoms with Gasteiger partial charge in [-0.15, -0.1) is 0 Å². The zero-order chi connectivity index (χ0) is 16.3. The average molecular weight is 328 g/mol. The van der Waals surface area contributed by atoms with Gasteiger partial charge in [-0.2, -0.15) is 0 Å². The first-order chi connectivity index (χ1) is 10.8. The fraction of sp³-hybridized carbons (Fsp3) is 0.900. The van der Waals surface area contributed by atoms with E-state index < -0.39 is 0 Å². The lowest BCUT2D eigenvalue weighted by molar-refractivity contribution is -0.111. The van der Waals surface area contributed by atoms with Gasteiger partial charge in [-0.05, 0) is 13.3 Å². The molecule has 0 aromatic rings. The van der Waals surface area contributed by atoms with Gasteiger partial charge in [0.15, 0.2) is 5.12 Å².